The number of aromatic nitrogens is 1. The van der Waals surface area contributed by atoms with Crippen molar-refractivity contribution in [1.82, 2.24) is 4.98 Å². The summed E-state index contributed by atoms with van der Waals surface area (Å²) in [5.41, 5.74) is 0.435. The Morgan fingerprint density at radius 2 is 2.33 bits per heavy atom. The van der Waals surface area contributed by atoms with Gasteiger partial charge < -0.3 is 5.32 Å². The van der Waals surface area contributed by atoms with Crippen LogP contribution < -0.4 is 5.32 Å². The predicted molar refractivity (Wildman–Crippen MR) is 46.5 cm³/mol. The zero-order valence-corrected chi connectivity index (χ0v) is 7.57. The van der Waals surface area contributed by atoms with Gasteiger partial charge in [-0.15, -0.1) is 11.3 Å². The fraction of sp³-hybridized carbons (Fsp3) is 0.286. The summed E-state index contributed by atoms with van der Waals surface area (Å²) in [6.07, 6.45) is 0.544. The van der Waals surface area contributed by atoms with Gasteiger partial charge in [0.2, 0.25) is 6.41 Å². The number of nitrogens with one attached hydrogen (secondary N) is 1. The van der Waals surface area contributed by atoms with Gasteiger partial charge in [-0.3, -0.25) is 9.59 Å². The van der Waals surface area contributed by atoms with Gasteiger partial charge in [-0.05, 0) is 6.92 Å². The number of carbonyl (C=O) groups excluding carboxylic acids is 2. The smallest absolute Gasteiger partial charge is 0.213 e. The lowest BCUT2D eigenvalue weighted by atomic mass is 10.3. The van der Waals surface area contributed by atoms with Crippen LogP contribution in [0, 0.1) is 6.92 Å². The molecule has 0 bridgehead atoms. The normalized spacial score (nSPS) is 9.50. The van der Waals surface area contributed by atoms with Gasteiger partial charge >= 0.3 is 0 Å². The number of aryl methyl sites for hydroxylation is 1. The molecule has 0 fully saturated rings. The summed E-state index contributed by atoms with van der Waals surface area (Å²) in [7, 11) is 0. The van der Waals surface area contributed by atoms with Crippen LogP contribution in [0.1, 0.15) is 22.3 Å². The van der Waals surface area contributed by atoms with Gasteiger partial charge in [0.25, 0.3) is 0 Å². The molecule has 0 radical (unpaired) electrons. The molecule has 0 saturated carbocycles. The van der Waals surface area contributed by atoms with E-state index in [-0.39, 0.29) is 5.78 Å². The van der Waals surface area contributed by atoms with E-state index in [1.807, 2.05) is 0 Å². The summed E-state index contributed by atoms with van der Waals surface area (Å²) < 4.78 is 0. The number of anilines is 1. The molecule has 0 unspecified atom stereocenters. The van der Waals surface area contributed by atoms with Crippen LogP contribution in [0.25, 0.3) is 0 Å². The molecule has 1 heterocycles. The summed E-state index contributed by atoms with van der Waals surface area (Å²) in [6, 6.07) is 0. The van der Waals surface area contributed by atoms with E-state index < -0.39 is 0 Å². The van der Waals surface area contributed by atoms with Gasteiger partial charge in [0.05, 0.1) is 0 Å². The van der Waals surface area contributed by atoms with Crippen molar-refractivity contribution in [3.8, 4) is 0 Å². The van der Waals surface area contributed by atoms with Crippen LogP contribution in [0.15, 0.2) is 0 Å². The molecule has 1 aromatic heterocycles. The van der Waals surface area contributed by atoms with Crippen molar-refractivity contribution in [1.29, 1.82) is 0 Å². The molecule has 0 aromatic carbocycles. The maximum absolute atomic E-state index is 10.9. The van der Waals surface area contributed by atoms with Crippen molar-refractivity contribution in [2.75, 3.05) is 5.32 Å². The van der Waals surface area contributed by atoms with E-state index in [1.165, 1.54) is 18.3 Å². The zero-order valence-electron chi connectivity index (χ0n) is 6.75. The molecule has 12 heavy (non-hydrogen) atoms. The van der Waals surface area contributed by atoms with E-state index in [1.54, 1.807) is 6.92 Å². The molecule has 0 aliphatic rings. The average molecular weight is 184 g/mol. The van der Waals surface area contributed by atoms with Crippen molar-refractivity contribution in [2.24, 2.45) is 0 Å². The lowest BCUT2D eigenvalue weighted by Gasteiger charge is -1.87. The Hall–Kier alpha value is -1.23. The molecular formula is C7H8N2O2S. The van der Waals surface area contributed by atoms with Crippen LogP contribution in [0.2, 0.25) is 0 Å². The van der Waals surface area contributed by atoms with E-state index in [0.717, 1.165) is 4.88 Å². The number of ketones is 1. The molecular weight excluding hydrogens is 176 g/mol. The van der Waals surface area contributed by atoms with Crippen LogP contribution in [-0.2, 0) is 4.79 Å². The molecule has 5 heteroatoms. The van der Waals surface area contributed by atoms with Gasteiger partial charge in [0.1, 0.15) is 5.69 Å². The lowest BCUT2D eigenvalue weighted by Crippen LogP contribution is -1.96. The summed E-state index contributed by atoms with van der Waals surface area (Å²) in [4.78, 5) is 25.7. The van der Waals surface area contributed by atoms with Crippen molar-refractivity contribution in [3.05, 3.63) is 10.6 Å². The topological polar surface area (TPSA) is 59.1 Å². The molecule has 1 aromatic rings. The Morgan fingerprint density at radius 3 is 2.75 bits per heavy atom. The minimum Gasteiger partial charge on any atom is -0.305 e. The zero-order chi connectivity index (χ0) is 9.14. The highest BCUT2D eigenvalue weighted by Crippen LogP contribution is 2.21. The Labute approximate surface area is 73.6 Å². The number of amides is 1. The van der Waals surface area contributed by atoms with Crippen LogP contribution >= 0.6 is 11.3 Å². The number of carbonyl (C=O) groups is 2. The Morgan fingerprint density at radius 1 is 1.67 bits per heavy atom. The monoisotopic (exact) mass is 184 g/mol. The second-order valence-corrected chi connectivity index (χ2v) is 3.45. The maximum Gasteiger partial charge on any atom is 0.213 e. The molecule has 0 saturated heterocycles. The minimum absolute atomic E-state index is 0.0808. The molecule has 0 aliphatic heterocycles. The third-order valence-electron chi connectivity index (χ3n) is 1.31. The lowest BCUT2D eigenvalue weighted by molar-refractivity contribution is -0.105. The Bertz CT molecular complexity index is 319. The first-order chi connectivity index (χ1) is 5.65. The maximum atomic E-state index is 10.9. The van der Waals surface area contributed by atoms with Gasteiger partial charge in [0, 0.05) is 11.8 Å². The largest absolute Gasteiger partial charge is 0.305 e. The van der Waals surface area contributed by atoms with Crippen LogP contribution in [0.4, 0.5) is 5.13 Å². The van der Waals surface area contributed by atoms with Crippen molar-refractivity contribution in [2.45, 2.75) is 13.8 Å². The first-order valence-electron chi connectivity index (χ1n) is 3.33. The quantitative estimate of drug-likeness (QED) is 0.567. The fourth-order valence-electron chi connectivity index (χ4n) is 0.835. The number of nitrogens with zero attached hydrogens (tertiary/aromatic N) is 1. The van der Waals surface area contributed by atoms with E-state index in [0.29, 0.717) is 17.2 Å². The third kappa shape index (κ3) is 1.68. The number of thiazole rings is 1. The molecule has 1 rings (SSSR count). The summed E-state index contributed by atoms with van der Waals surface area (Å²) in [6.45, 7) is 3.25. The van der Waals surface area contributed by atoms with E-state index in [9.17, 15) is 9.59 Å². The van der Waals surface area contributed by atoms with Gasteiger partial charge in [0.15, 0.2) is 10.9 Å². The highest BCUT2D eigenvalue weighted by atomic mass is 32.1. The molecule has 64 valence electrons. The summed E-state index contributed by atoms with van der Waals surface area (Å²) in [5.74, 6) is -0.0808. The molecule has 4 nitrogen and oxygen atoms in total. The number of rotatable bonds is 3. The second kappa shape index (κ2) is 3.44. The van der Waals surface area contributed by atoms with Crippen LogP contribution in [0.5, 0.6) is 0 Å². The van der Waals surface area contributed by atoms with Crippen molar-refractivity contribution < 1.29 is 9.59 Å². The molecule has 1 N–H and O–H groups in total. The van der Waals surface area contributed by atoms with Crippen molar-refractivity contribution in [3.63, 3.8) is 0 Å². The van der Waals surface area contributed by atoms with E-state index in [4.69, 9.17) is 0 Å². The SMILES string of the molecule is CC(=O)c1nc(NC=O)sc1C. The van der Waals surface area contributed by atoms with Crippen molar-refractivity contribution >= 4 is 28.7 Å². The van der Waals surface area contributed by atoms with E-state index >= 15 is 0 Å². The average Bonchev–Trinajstić information content (AvgIpc) is 2.32. The Kier molecular flexibility index (Phi) is 2.54. The minimum atomic E-state index is -0.0808. The summed E-state index contributed by atoms with van der Waals surface area (Å²) in [5, 5.41) is 2.86. The fourth-order valence-corrected chi connectivity index (χ4v) is 1.66. The Balaban J connectivity index is 2.99. The third-order valence-corrected chi connectivity index (χ3v) is 2.21. The molecule has 1 amide bonds. The number of Topliss-reactive ketones (excluding diaryl/α,β-unsaturated/α-hetero) is 1. The van der Waals surface area contributed by atoms with Crippen LogP contribution in [0.3, 0.4) is 0 Å². The molecule has 0 aliphatic carbocycles. The highest BCUT2D eigenvalue weighted by Gasteiger charge is 2.10. The number of hydrogen-bond donors (Lipinski definition) is 1. The van der Waals surface area contributed by atoms with E-state index in [2.05, 4.69) is 10.3 Å². The van der Waals surface area contributed by atoms with Crippen LogP contribution in [-0.4, -0.2) is 17.2 Å². The van der Waals surface area contributed by atoms with Gasteiger partial charge in [-0.25, -0.2) is 4.98 Å². The summed E-state index contributed by atoms with van der Waals surface area (Å²) >= 11 is 1.29. The van der Waals surface area contributed by atoms with Gasteiger partial charge in [-0.2, -0.15) is 0 Å². The predicted octanol–water partition coefficient (Wildman–Crippen LogP) is 1.22. The van der Waals surface area contributed by atoms with Gasteiger partial charge in [-0.1, -0.05) is 0 Å². The second-order valence-electron chi connectivity index (χ2n) is 2.24. The highest BCUT2D eigenvalue weighted by molar-refractivity contribution is 7.16. The first kappa shape index (κ1) is 8.86. The standard InChI is InChI=1S/C7H8N2O2S/c1-4(11)6-5(2)12-7(9-6)8-3-10/h3H,1-2H3,(H,8,9,10). The first-order valence-corrected chi connectivity index (χ1v) is 4.15. The molecule has 0 atom stereocenters. The molecule has 0 spiro atoms. The number of hydrogen-bond acceptors (Lipinski definition) is 4.